The number of amides is 3. The minimum Gasteiger partial charge on any atom is -0.476 e. The van der Waals surface area contributed by atoms with E-state index in [1.807, 2.05) is 13.8 Å². The first-order valence-corrected chi connectivity index (χ1v) is 13.4. The van der Waals surface area contributed by atoms with Crippen LogP contribution in [0.1, 0.15) is 89.8 Å². The molecule has 0 unspecified atom stereocenters. The van der Waals surface area contributed by atoms with E-state index < -0.39 is 23.8 Å². The van der Waals surface area contributed by atoms with Crippen LogP contribution in [0.25, 0.3) is 0 Å². The number of imide groups is 1. The van der Waals surface area contributed by atoms with Crippen LogP contribution < -0.4 is 0 Å². The molecule has 1 aliphatic rings. The first-order valence-electron chi connectivity index (χ1n) is 12.5. The summed E-state index contributed by atoms with van der Waals surface area (Å²) in [7, 11) is 1.67. The molecule has 1 N–H and O–H groups in total. The molecule has 3 rings (SSSR count). The van der Waals surface area contributed by atoms with Crippen molar-refractivity contribution in [1.29, 1.82) is 0 Å². The first kappa shape index (κ1) is 29.2. The van der Waals surface area contributed by atoms with Gasteiger partial charge in [-0.05, 0) is 45.2 Å². The van der Waals surface area contributed by atoms with Crippen molar-refractivity contribution in [2.24, 2.45) is 5.92 Å². The summed E-state index contributed by atoms with van der Waals surface area (Å²) in [4.78, 5) is 56.5. The summed E-state index contributed by atoms with van der Waals surface area (Å²) in [5.74, 6) is -1.75. The van der Waals surface area contributed by atoms with Gasteiger partial charge in [-0.2, -0.15) is 0 Å². The number of carboxylic acid groups (broad SMARTS) is 1. The van der Waals surface area contributed by atoms with Gasteiger partial charge in [0.05, 0.1) is 11.1 Å². The number of ether oxygens (including phenoxy) is 2. The third-order valence-corrected chi connectivity index (χ3v) is 7.08. The number of fused-ring (bicyclic) bond motifs is 1. The van der Waals surface area contributed by atoms with Gasteiger partial charge in [-0.3, -0.25) is 14.5 Å². The monoisotopic (exact) mass is 545 g/mol. The Labute approximate surface area is 226 Å². The molecule has 0 saturated carbocycles. The standard InChI is InChI=1S/C27H35N3O7S/c1-16(2)20(29(6)26(35)37-27(3,4)5)14-21(22-28-19(15-38-22)25(33)34)36-13-9-12-30-23(31)17-10-7-8-11-18(17)24(30)32/h7-8,10-11,15-16,20-21H,9,12-14H2,1-6H3,(H,33,34)/t20-,21-/m1/s1. The van der Waals surface area contributed by atoms with E-state index >= 15 is 0 Å². The third-order valence-electron chi connectivity index (χ3n) is 6.14. The second-order valence-electron chi connectivity index (χ2n) is 10.5. The summed E-state index contributed by atoms with van der Waals surface area (Å²) in [6, 6.07) is 6.43. The third kappa shape index (κ3) is 6.96. The van der Waals surface area contributed by atoms with Crippen molar-refractivity contribution in [2.75, 3.05) is 20.2 Å². The molecule has 2 atom stereocenters. The lowest BCUT2D eigenvalue weighted by molar-refractivity contribution is -0.00445. The molecular formula is C27H35N3O7S. The molecular weight excluding hydrogens is 510 g/mol. The fourth-order valence-corrected chi connectivity index (χ4v) is 5.08. The Morgan fingerprint density at radius 3 is 2.24 bits per heavy atom. The van der Waals surface area contributed by atoms with E-state index in [0.717, 1.165) is 0 Å². The second-order valence-corrected chi connectivity index (χ2v) is 11.4. The SMILES string of the molecule is CC(C)[C@@H](C[C@@H](OCCCN1C(=O)c2ccccc2C1=O)c1nc(C(=O)O)cs1)N(C)C(=O)OC(C)(C)C. The molecule has 1 aromatic carbocycles. The Bertz CT molecular complexity index is 1150. The number of carbonyl (C=O) groups is 4. The summed E-state index contributed by atoms with van der Waals surface area (Å²) < 4.78 is 11.7. The highest BCUT2D eigenvalue weighted by molar-refractivity contribution is 7.09. The topological polar surface area (TPSA) is 126 Å². The highest BCUT2D eigenvalue weighted by atomic mass is 32.1. The number of aromatic nitrogens is 1. The number of hydrogen-bond acceptors (Lipinski definition) is 8. The predicted molar refractivity (Wildman–Crippen MR) is 141 cm³/mol. The van der Waals surface area contributed by atoms with Gasteiger partial charge in [0, 0.05) is 38.0 Å². The molecule has 0 bridgehead atoms. The van der Waals surface area contributed by atoms with Crippen LogP contribution in [0.2, 0.25) is 0 Å². The van der Waals surface area contributed by atoms with Crippen LogP contribution in [0.3, 0.4) is 0 Å². The molecule has 2 heterocycles. The summed E-state index contributed by atoms with van der Waals surface area (Å²) in [6.45, 7) is 9.74. The van der Waals surface area contributed by atoms with E-state index in [0.29, 0.717) is 29.0 Å². The summed E-state index contributed by atoms with van der Waals surface area (Å²) in [5, 5.41) is 11.3. The fourth-order valence-electron chi connectivity index (χ4n) is 4.23. The zero-order valence-corrected chi connectivity index (χ0v) is 23.4. The molecule has 2 aromatic rings. The van der Waals surface area contributed by atoms with E-state index in [1.165, 1.54) is 26.5 Å². The second kappa shape index (κ2) is 12.0. The maximum absolute atomic E-state index is 12.8. The summed E-state index contributed by atoms with van der Waals surface area (Å²) >= 11 is 1.18. The molecule has 0 radical (unpaired) electrons. The van der Waals surface area contributed by atoms with Crippen molar-refractivity contribution < 1.29 is 33.8 Å². The largest absolute Gasteiger partial charge is 0.476 e. The van der Waals surface area contributed by atoms with Gasteiger partial charge in [0.25, 0.3) is 11.8 Å². The maximum atomic E-state index is 12.8. The van der Waals surface area contributed by atoms with Crippen LogP contribution in [-0.4, -0.2) is 75.6 Å². The highest BCUT2D eigenvalue weighted by Gasteiger charge is 2.35. The van der Waals surface area contributed by atoms with E-state index in [1.54, 1.807) is 52.1 Å². The van der Waals surface area contributed by atoms with Crippen molar-refractivity contribution in [3.63, 3.8) is 0 Å². The molecule has 0 saturated heterocycles. The Kier molecular flexibility index (Phi) is 9.26. The zero-order valence-electron chi connectivity index (χ0n) is 22.6. The average molecular weight is 546 g/mol. The number of hydrogen-bond donors (Lipinski definition) is 1. The lowest BCUT2D eigenvalue weighted by atomic mass is 9.96. The quantitative estimate of drug-likeness (QED) is 0.313. The maximum Gasteiger partial charge on any atom is 0.410 e. The van der Waals surface area contributed by atoms with Gasteiger partial charge in [0.1, 0.15) is 16.7 Å². The predicted octanol–water partition coefficient (Wildman–Crippen LogP) is 4.87. The molecule has 1 aliphatic heterocycles. The van der Waals surface area contributed by atoms with Crippen LogP contribution >= 0.6 is 11.3 Å². The van der Waals surface area contributed by atoms with Crippen molar-refractivity contribution in [3.05, 3.63) is 51.5 Å². The van der Waals surface area contributed by atoms with Crippen LogP contribution in [-0.2, 0) is 9.47 Å². The molecule has 38 heavy (non-hydrogen) atoms. The van der Waals surface area contributed by atoms with Crippen LogP contribution in [0.15, 0.2) is 29.6 Å². The van der Waals surface area contributed by atoms with Gasteiger partial charge in [-0.25, -0.2) is 14.6 Å². The van der Waals surface area contributed by atoms with Gasteiger partial charge in [-0.1, -0.05) is 26.0 Å². The van der Waals surface area contributed by atoms with E-state index in [4.69, 9.17) is 9.47 Å². The minimum absolute atomic E-state index is 0.0378. The number of benzene rings is 1. The van der Waals surface area contributed by atoms with Gasteiger partial charge in [0.2, 0.25) is 0 Å². The number of nitrogens with zero attached hydrogens (tertiary/aromatic N) is 3. The van der Waals surface area contributed by atoms with Crippen molar-refractivity contribution >= 4 is 35.2 Å². The van der Waals surface area contributed by atoms with E-state index in [2.05, 4.69) is 4.98 Å². The lowest BCUT2D eigenvalue weighted by Gasteiger charge is -2.34. The Morgan fingerprint density at radius 2 is 1.74 bits per heavy atom. The molecule has 0 fully saturated rings. The Hall–Kier alpha value is -3.31. The number of carboxylic acids is 1. The van der Waals surface area contributed by atoms with Crippen molar-refractivity contribution in [1.82, 2.24) is 14.8 Å². The van der Waals surface area contributed by atoms with Crippen molar-refractivity contribution in [3.8, 4) is 0 Å². The first-order chi connectivity index (χ1) is 17.8. The summed E-state index contributed by atoms with van der Waals surface area (Å²) in [5.41, 5.74) is 0.0557. The van der Waals surface area contributed by atoms with Gasteiger partial charge < -0.3 is 19.5 Å². The smallest absolute Gasteiger partial charge is 0.410 e. The van der Waals surface area contributed by atoms with E-state index in [9.17, 15) is 24.3 Å². The summed E-state index contributed by atoms with van der Waals surface area (Å²) in [6.07, 6.45) is -0.334. The number of rotatable bonds is 11. The van der Waals surface area contributed by atoms with Crippen LogP contribution in [0.5, 0.6) is 0 Å². The van der Waals surface area contributed by atoms with Gasteiger partial charge in [0.15, 0.2) is 5.69 Å². The average Bonchev–Trinajstić information content (AvgIpc) is 3.42. The Morgan fingerprint density at radius 1 is 1.13 bits per heavy atom. The molecule has 1 aromatic heterocycles. The van der Waals surface area contributed by atoms with Crippen molar-refractivity contribution in [2.45, 2.75) is 65.2 Å². The number of carbonyl (C=O) groups excluding carboxylic acids is 3. The highest BCUT2D eigenvalue weighted by Crippen LogP contribution is 2.31. The van der Waals surface area contributed by atoms with E-state index in [-0.39, 0.29) is 42.6 Å². The molecule has 0 spiro atoms. The lowest BCUT2D eigenvalue weighted by Crippen LogP contribution is -2.44. The normalized spacial score (nSPS) is 15.0. The van der Waals surface area contributed by atoms with Gasteiger partial charge >= 0.3 is 12.1 Å². The molecule has 10 nitrogen and oxygen atoms in total. The van der Waals surface area contributed by atoms with Crippen LogP contribution in [0, 0.1) is 5.92 Å². The molecule has 3 amide bonds. The molecule has 206 valence electrons. The molecule has 0 aliphatic carbocycles. The Balaban J connectivity index is 1.70. The fraction of sp³-hybridized carbons (Fsp3) is 0.519. The number of aromatic carboxylic acids is 1. The zero-order chi connectivity index (χ0) is 28.2. The molecule has 11 heteroatoms. The minimum atomic E-state index is -1.14. The number of thiazole rings is 1. The van der Waals surface area contributed by atoms with Gasteiger partial charge in [-0.15, -0.1) is 11.3 Å². The van der Waals surface area contributed by atoms with Crippen LogP contribution in [0.4, 0.5) is 4.79 Å².